The van der Waals surface area contributed by atoms with Crippen molar-refractivity contribution in [1.82, 2.24) is 0 Å². The maximum atomic E-state index is 11.4. The van der Waals surface area contributed by atoms with Crippen molar-refractivity contribution < 1.29 is 9.90 Å². The number of hydrogen-bond acceptors (Lipinski definition) is 1. The summed E-state index contributed by atoms with van der Waals surface area (Å²) in [7, 11) is 0. The smallest absolute Gasteiger partial charge is 0.335 e. The van der Waals surface area contributed by atoms with Crippen LogP contribution in [0.1, 0.15) is 115 Å². The molecule has 6 rings (SSSR count). The van der Waals surface area contributed by atoms with Crippen molar-refractivity contribution in [2.75, 3.05) is 0 Å². The summed E-state index contributed by atoms with van der Waals surface area (Å²) < 4.78 is 0. The zero-order valence-corrected chi connectivity index (χ0v) is 24.8. The van der Waals surface area contributed by atoms with E-state index in [-0.39, 0.29) is 5.41 Å². The lowest BCUT2D eigenvalue weighted by Crippen LogP contribution is -2.64. The van der Waals surface area contributed by atoms with Crippen molar-refractivity contribution in [2.24, 2.45) is 57.2 Å². The van der Waals surface area contributed by atoms with E-state index in [1.54, 1.807) is 12.1 Å². The summed E-state index contributed by atoms with van der Waals surface area (Å²) in [6.07, 6.45) is 14.9. The van der Waals surface area contributed by atoms with Gasteiger partial charge in [-0.15, -0.1) is 0 Å². The molecule has 1 N–H and O–H groups in total. The molecule has 9 atom stereocenters. The maximum Gasteiger partial charge on any atom is 0.335 e. The highest BCUT2D eigenvalue weighted by atomic mass is 16.4. The Kier molecular flexibility index (Phi) is 5.96. The molecule has 38 heavy (non-hydrogen) atoms. The second-order valence-electron chi connectivity index (χ2n) is 15.5. The molecule has 0 bridgehead atoms. The number of carbonyl (C=O) groups is 1. The third kappa shape index (κ3) is 3.40. The van der Waals surface area contributed by atoms with Crippen LogP contribution in [-0.4, -0.2) is 11.1 Å². The zero-order valence-electron chi connectivity index (χ0n) is 24.8. The third-order valence-electron chi connectivity index (χ3n) is 13.9. The summed E-state index contributed by atoms with van der Waals surface area (Å²) >= 11 is 0. The number of carboxylic acid groups (broad SMARTS) is 1. The highest BCUT2D eigenvalue weighted by Gasteiger charge is 2.68. The molecule has 0 aliphatic heterocycles. The molecular weight excluding hydrogens is 464 g/mol. The van der Waals surface area contributed by atoms with Crippen LogP contribution < -0.4 is 0 Å². The topological polar surface area (TPSA) is 37.3 Å². The van der Waals surface area contributed by atoms with E-state index < -0.39 is 5.97 Å². The average Bonchev–Trinajstić information content (AvgIpc) is 3.29. The van der Waals surface area contributed by atoms with Gasteiger partial charge in [0.1, 0.15) is 0 Å². The Morgan fingerprint density at radius 1 is 0.868 bits per heavy atom. The summed E-state index contributed by atoms with van der Waals surface area (Å²) in [5, 5.41) is 9.39. The first-order chi connectivity index (χ1) is 17.8. The molecule has 0 radical (unpaired) electrons. The fourth-order valence-electron chi connectivity index (χ4n) is 12.1. The van der Waals surface area contributed by atoms with Crippen LogP contribution in [0.2, 0.25) is 0 Å². The summed E-state index contributed by atoms with van der Waals surface area (Å²) in [6.45, 7) is 19.9. The van der Waals surface area contributed by atoms with E-state index in [1.807, 2.05) is 12.1 Å². The number of hydrogen-bond donors (Lipinski definition) is 1. The average molecular weight is 515 g/mol. The van der Waals surface area contributed by atoms with Gasteiger partial charge in [-0.05, 0) is 145 Å². The van der Waals surface area contributed by atoms with Gasteiger partial charge < -0.3 is 5.11 Å². The molecule has 2 nitrogen and oxygen atoms in total. The van der Waals surface area contributed by atoms with Crippen LogP contribution >= 0.6 is 0 Å². The lowest BCUT2D eigenvalue weighted by Gasteiger charge is -2.71. The molecule has 1 aromatic rings. The Morgan fingerprint density at radius 3 is 2.21 bits per heavy atom. The molecule has 4 saturated carbocycles. The summed E-state index contributed by atoms with van der Waals surface area (Å²) in [4.78, 5) is 11.4. The molecule has 4 fully saturated rings. The van der Waals surface area contributed by atoms with Gasteiger partial charge in [-0.2, -0.15) is 0 Å². The quantitative estimate of drug-likeness (QED) is 0.408. The van der Waals surface area contributed by atoms with Crippen LogP contribution in [0.25, 0.3) is 5.57 Å². The van der Waals surface area contributed by atoms with Gasteiger partial charge in [-0.25, -0.2) is 4.79 Å². The SMILES string of the molecule is C=C(C)[C@@H]1CCC2CC[C@]3(C)[C@H](CC[C@@H]4[C@@]5(C)CC=C(c6ccc(C(=O)O)cc6)C(C)(C)[C@@H]5CC[C@]43C)[C@H]21. The van der Waals surface area contributed by atoms with Crippen LogP contribution in [0, 0.1) is 57.2 Å². The Hall–Kier alpha value is -1.83. The molecule has 0 spiro atoms. The van der Waals surface area contributed by atoms with E-state index in [0.717, 1.165) is 36.0 Å². The van der Waals surface area contributed by atoms with Crippen LogP contribution in [0.5, 0.6) is 0 Å². The summed E-state index contributed by atoms with van der Waals surface area (Å²) in [6, 6.07) is 7.63. The predicted octanol–water partition coefficient (Wildman–Crippen LogP) is 9.67. The molecule has 0 heterocycles. The van der Waals surface area contributed by atoms with Gasteiger partial charge in [0.25, 0.3) is 0 Å². The second-order valence-corrected chi connectivity index (χ2v) is 15.5. The first-order valence-electron chi connectivity index (χ1n) is 15.5. The van der Waals surface area contributed by atoms with E-state index in [0.29, 0.717) is 27.7 Å². The summed E-state index contributed by atoms with van der Waals surface area (Å²) in [5.74, 6) is 4.00. The van der Waals surface area contributed by atoms with E-state index in [9.17, 15) is 9.90 Å². The van der Waals surface area contributed by atoms with Gasteiger partial charge in [0, 0.05) is 0 Å². The Balaban J connectivity index is 1.35. The number of rotatable bonds is 3. The Morgan fingerprint density at radius 2 is 1.55 bits per heavy atom. The molecular formula is C36H50O2. The van der Waals surface area contributed by atoms with Gasteiger partial charge in [-0.3, -0.25) is 0 Å². The van der Waals surface area contributed by atoms with Gasteiger partial charge >= 0.3 is 5.97 Å². The molecule has 5 aliphatic carbocycles. The molecule has 1 unspecified atom stereocenters. The molecule has 2 heteroatoms. The number of fused-ring (bicyclic) bond motifs is 7. The van der Waals surface area contributed by atoms with Crippen LogP contribution in [0.3, 0.4) is 0 Å². The minimum absolute atomic E-state index is 0.0744. The van der Waals surface area contributed by atoms with E-state index in [2.05, 4.69) is 54.2 Å². The molecule has 0 aromatic heterocycles. The van der Waals surface area contributed by atoms with Crippen molar-refractivity contribution in [2.45, 2.75) is 99.3 Å². The Bertz CT molecular complexity index is 1170. The van der Waals surface area contributed by atoms with Gasteiger partial charge in [0.2, 0.25) is 0 Å². The highest BCUT2D eigenvalue weighted by Crippen LogP contribution is 2.76. The van der Waals surface area contributed by atoms with Gasteiger partial charge in [-0.1, -0.05) is 65.0 Å². The van der Waals surface area contributed by atoms with E-state index >= 15 is 0 Å². The number of allylic oxidation sites excluding steroid dienone is 3. The number of aromatic carboxylic acids is 1. The molecule has 0 amide bonds. The first kappa shape index (κ1) is 26.4. The van der Waals surface area contributed by atoms with Crippen molar-refractivity contribution in [3.05, 3.63) is 53.6 Å². The number of benzene rings is 1. The zero-order chi connectivity index (χ0) is 27.3. The fraction of sp³-hybridized carbons (Fsp3) is 0.694. The van der Waals surface area contributed by atoms with Crippen molar-refractivity contribution >= 4 is 11.5 Å². The lowest BCUT2D eigenvalue weighted by atomic mass is 9.33. The van der Waals surface area contributed by atoms with Crippen molar-refractivity contribution in [3.8, 4) is 0 Å². The van der Waals surface area contributed by atoms with Crippen molar-refractivity contribution in [3.63, 3.8) is 0 Å². The van der Waals surface area contributed by atoms with Crippen molar-refractivity contribution in [1.29, 1.82) is 0 Å². The minimum atomic E-state index is -0.849. The first-order valence-corrected chi connectivity index (χ1v) is 15.5. The molecule has 0 saturated heterocycles. The molecule has 1 aromatic carbocycles. The van der Waals surface area contributed by atoms with Gasteiger partial charge in [0.15, 0.2) is 0 Å². The predicted molar refractivity (Wildman–Crippen MR) is 157 cm³/mol. The largest absolute Gasteiger partial charge is 0.478 e. The molecule has 206 valence electrons. The fourth-order valence-corrected chi connectivity index (χ4v) is 12.1. The van der Waals surface area contributed by atoms with Crippen LogP contribution in [0.4, 0.5) is 0 Å². The second kappa shape index (κ2) is 8.58. The third-order valence-corrected chi connectivity index (χ3v) is 13.9. The van der Waals surface area contributed by atoms with E-state index in [1.165, 1.54) is 68.1 Å². The Labute approximate surface area is 231 Å². The lowest BCUT2D eigenvalue weighted by molar-refractivity contribution is -0.215. The monoisotopic (exact) mass is 514 g/mol. The molecule has 5 aliphatic rings. The van der Waals surface area contributed by atoms with Gasteiger partial charge in [0.05, 0.1) is 5.56 Å². The number of carboxylic acids is 1. The van der Waals surface area contributed by atoms with Crippen LogP contribution in [-0.2, 0) is 0 Å². The van der Waals surface area contributed by atoms with Crippen LogP contribution in [0.15, 0.2) is 42.5 Å². The normalized spacial score (nSPS) is 45.2. The maximum absolute atomic E-state index is 11.4. The summed E-state index contributed by atoms with van der Waals surface area (Å²) in [5.41, 5.74) is 5.68. The minimum Gasteiger partial charge on any atom is -0.478 e. The highest BCUT2D eigenvalue weighted by molar-refractivity contribution is 5.88. The standard InChI is InChI=1S/C36H50O2/c1-22(2)26-13-12-24-16-20-35(6)28(31(24)26)14-15-30-34(5)19-17-27(23-8-10-25(11-9-23)32(37)38)33(3,4)29(34)18-21-36(30,35)7/h8-11,17,24,26,28-31H,1,12-16,18-21H2,2-7H3,(H,37,38)/t24?,26-,28+,29-,30+,31+,34-,35+,36+/m0/s1. The van der Waals surface area contributed by atoms with E-state index in [4.69, 9.17) is 0 Å².